The van der Waals surface area contributed by atoms with Gasteiger partial charge in [0.25, 0.3) is 0 Å². The Bertz CT molecular complexity index is 490. The summed E-state index contributed by atoms with van der Waals surface area (Å²) < 4.78 is 7.18. The summed E-state index contributed by atoms with van der Waals surface area (Å²) in [5, 5.41) is 4.65. The average Bonchev–Trinajstić information content (AvgIpc) is 2.88. The van der Waals surface area contributed by atoms with Crippen molar-refractivity contribution in [2.75, 3.05) is 6.61 Å². The molecule has 1 unspecified atom stereocenters. The topological polar surface area (TPSA) is 39.4 Å². The molecular weight excluding hydrogens is 214 g/mol. The zero-order valence-electron chi connectivity index (χ0n) is 8.06. The van der Waals surface area contributed by atoms with Crippen LogP contribution in [-0.2, 0) is 4.74 Å². The van der Waals surface area contributed by atoms with Crippen LogP contribution in [0.4, 0.5) is 0 Å². The second kappa shape index (κ2) is 3.47. The van der Waals surface area contributed by atoms with Gasteiger partial charge in [-0.05, 0) is 18.9 Å². The van der Waals surface area contributed by atoms with E-state index in [1.54, 1.807) is 10.7 Å². The molecule has 0 N–H and O–H groups in total. The second-order valence-corrected chi connectivity index (χ2v) is 3.99. The molecule has 5 heteroatoms. The fraction of sp³-hybridized carbons (Fsp3) is 0.400. The minimum Gasteiger partial charge on any atom is -0.372 e. The number of hydrogen-bond acceptors (Lipinski definition) is 3. The molecule has 0 saturated carbocycles. The Labute approximate surface area is 91.8 Å². The average molecular weight is 224 g/mol. The lowest BCUT2D eigenvalue weighted by Gasteiger charge is -2.09. The summed E-state index contributed by atoms with van der Waals surface area (Å²) in [6.07, 6.45) is 3.90. The molecule has 2 aromatic rings. The van der Waals surface area contributed by atoms with E-state index in [2.05, 4.69) is 10.1 Å². The lowest BCUT2D eigenvalue weighted by Crippen LogP contribution is -2.02. The molecule has 4 nitrogen and oxygen atoms in total. The van der Waals surface area contributed by atoms with Gasteiger partial charge in [-0.15, -0.1) is 0 Å². The van der Waals surface area contributed by atoms with E-state index in [1.807, 2.05) is 12.1 Å². The van der Waals surface area contributed by atoms with Gasteiger partial charge in [0.2, 0.25) is 0 Å². The molecule has 0 aromatic carbocycles. The fourth-order valence-corrected chi connectivity index (χ4v) is 2.11. The predicted molar refractivity (Wildman–Crippen MR) is 55.9 cm³/mol. The highest BCUT2D eigenvalue weighted by molar-refractivity contribution is 6.29. The summed E-state index contributed by atoms with van der Waals surface area (Å²) in [5.41, 5.74) is 1.68. The molecule has 1 saturated heterocycles. The Morgan fingerprint density at radius 3 is 3.27 bits per heavy atom. The van der Waals surface area contributed by atoms with Crippen molar-refractivity contribution in [3.8, 4) is 0 Å². The van der Waals surface area contributed by atoms with Crippen molar-refractivity contribution >= 4 is 17.2 Å². The largest absolute Gasteiger partial charge is 0.372 e. The van der Waals surface area contributed by atoms with Crippen LogP contribution >= 0.6 is 11.6 Å². The molecule has 2 aromatic heterocycles. The first-order valence-electron chi connectivity index (χ1n) is 4.96. The number of ether oxygens (including phenoxy) is 1. The molecule has 1 atom stereocenters. The zero-order valence-corrected chi connectivity index (χ0v) is 8.81. The van der Waals surface area contributed by atoms with Crippen molar-refractivity contribution in [3.05, 3.63) is 29.2 Å². The van der Waals surface area contributed by atoms with Crippen LogP contribution in [0.5, 0.6) is 0 Å². The quantitative estimate of drug-likeness (QED) is 0.696. The summed E-state index contributed by atoms with van der Waals surface area (Å²) in [7, 11) is 0. The Balaban J connectivity index is 2.11. The Morgan fingerprint density at radius 2 is 2.47 bits per heavy atom. The molecule has 0 spiro atoms. The third kappa shape index (κ3) is 1.50. The van der Waals surface area contributed by atoms with Gasteiger partial charge in [-0.1, -0.05) is 11.6 Å². The molecular formula is C10H10ClN3O. The van der Waals surface area contributed by atoms with E-state index in [0.29, 0.717) is 5.15 Å². The van der Waals surface area contributed by atoms with Gasteiger partial charge in [0, 0.05) is 12.7 Å². The normalized spacial score (nSPS) is 21.3. The molecule has 1 aliphatic heterocycles. The Morgan fingerprint density at radius 1 is 1.53 bits per heavy atom. The first-order chi connectivity index (χ1) is 7.34. The SMILES string of the molecule is Clc1cc(C2CCCO2)nc2ccnn12. The summed E-state index contributed by atoms with van der Waals surface area (Å²) >= 11 is 6.09. The number of hydrogen-bond donors (Lipinski definition) is 0. The van der Waals surface area contributed by atoms with Crippen molar-refractivity contribution in [1.82, 2.24) is 14.6 Å². The van der Waals surface area contributed by atoms with Crippen LogP contribution in [0, 0.1) is 0 Å². The van der Waals surface area contributed by atoms with Gasteiger partial charge in [0.1, 0.15) is 5.15 Å². The maximum atomic E-state index is 6.09. The zero-order chi connectivity index (χ0) is 10.3. The highest BCUT2D eigenvalue weighted by Gasteiger charge is 2.20. The fourth-order valence-electron chi connectivity index (χ4n) is 1.87. The van der Waals surface area contributed by atoms with Gasteiger partial charge in [-0.2, -0.15) is 5.10 Å². The maximum Gasteiger partial charge on any atom is 0.157 e. The van der Waals surface area contributed by atoms with E-state index in [4.69, 9.17) is 16.3 Å². The molecule has 1 fully saturated rings. The molecule has 1 aliphatic rings. The Kier molecular flexibility index (Phi) is 2.11. The highest BCUT2D eigenvalue weighted by Crippen LogP contribution is 2.28. The molecule has 0 radical (unpaired) electrons. The van der Waals surface area contributed by atoms with Gasteiger partial charge < -0.3 is 4.74 Å². The first-order valence-corrected chi connectivity index (χ1v) is 5.34. The summed E-state index contributed by atoms with van der Waals surface area (Å²) in [5.74, 6) is 0. The number of rotatable bonds is 1. The molecule has 3 heterocycles. The molecule has 0 aliphatic carbocycles. The van der Waals surface area contributed by atoms with E-state index in [9.17, 15) is 0 Å². The number of halogens is 1. The summed E-state index contributed by atoms with van der Waals surface area (Å²) in [6, 6.07) is 3.67. The third-order valence-corrected chi connectivity index (χ3v) is 2.86. The molecule has 3 rings (SSSR count). The summed E-state index contributed by atoms with van der Waals surface area (Å²) in [6.45, 7) is 0.814. The van der Waals surface area contributed by atoms with Gasteiger partial charge in [-0.3, -0.25) is 0 Å². The van der Waals surface area contributed by atoms with Crippen LogP contribution in [0.1, 0.15) is 24.6 Å². The van der Waals surface area contributed by atoms with E-state index < -0.39 is 0 Å². The minimum absolute atomic E-state index is 0.0994. The lowest BCUT2D eigenvalue weighted by atomic mass is 10.2. The van der Waals surface area contributed by atoms with Crippen molar-refractivity contribution in [1.29, 1.82) is 0 Å². The monoisotopic (exact) mass is 223 g/mol. The minimum atomic E-state index is 0.0994. The van der Waals surface area contributed by atoms with Gasteiger partial charge >= 0.3 is 0 Å². The van der Waals surface area contributed by atoms with Crippen LogP contribution in [-0.4, -0.2) is 21.2 Å². The molecule has 0 amide bonds. The van der Waals surface area contributed by atoms with Gasteiger partial charge in [-0.25, -0.2) is 9.50 Å². The molecule has 15 heavy (non-hydrogen) atoms. The lowest BCUT2D eigenvalue weighted by molar-refractivity contribution is 0.109. The van der Waals surface area contributed by atoms with E-state index in [1.165, 1.54) is 0 Å². The van der Waals surface area contributed by atoms with Crippen molar-refractivity contribution in [3.63, 3.8) is 0 Å². The van der Waals surface area contributed by atoms with Crippen molar-refractivity contribution in [2.45, 2.75) is 18.9 Å². The van der Waals surface area contributed by atoms with Crippen LogP contribution in [0.15, 0.2) is 18.3 Å². The number of nitrogens with zero attached hydrogens (tertiary/aromatic N) is 3. The van der Waals surface area contributed by atoms with Crippen LogP contribution in [0.2, 0.25) is 5.15 Å². The molecule has 78 valence electrons. The third-order valence-electron chi connectivity index (χ3n) is 2.60. The van der Waals surface area contributed by atoms with E-state index >= 15 is 0 Å². The van der Waals surface area contributed by atoms with E-state index in [0.717, 1.165) is 30.8 Å². The van der Waals surface area contributed by atoms with Crippen molar-refractivity contribution < 1.29 is 4.74 Å². The van der Waals surface area contributed by atoms with Crippen molar-refractivity contribution in [2.24, 2.45) is 0 Å². The first kappa shape index (κ1) is 9.12. The number of aromatic nitrogens is 3. The predicted octanol–water partition coefficient (Wildman–Crippen LogP) is 2.23. The standard InChI is InChI=1S/C10H10ClN3O/c11-9-6-7(8-2-1-5-15-8)13-10-3-4-12-14(9)10/h3-4,6,8H,1-2,5H2. The van der Waals surface area contributed by atoms with Gasteiger partial charge in [0.05, 0.1) is 18.0 Å². The highest BCUT2D eigenvalue weighted by atomic mass is 35.5. The smallest absolute Gasteiger partial charge is 0.157 e. The van der Waals surface area contributed by atoms with Crippen LogP contribution in [0.25, 0.3) is 5.65 Å². The second-order valence-electron chi connectivity index (χ2n) is 3.61. The Hall–Kier alpha value is -1.13. The molecule has 0 bridgehead atoms. The number of fused-ring (bicyclic) bond motifs is 1. The van der Waals surface area contributed by atoms with Gasteiger partial charge in [0.15, 0.2) is 5.65 Å². The van der Waals surface area contributed by atoms with Crippen LogP contribution < -0.4 is 0 Å². The maximum absolute atomic E-state index is 6.09. The summed E-state index contributed by atoms with van der Waals surface area (Å²) in [4.78, 5) is 4.47. The van der Waals surface area contributed by atoms with Crippen LogP contribution in [0.3, 0.4) is 0 Å². The van der Waals surface area contributed by atoms with E-state index in [-0.39, 0.29) is 6.10 Å².